The highest BCUT2D eigenvalue weighted by Crippen LogP contribution is 2.35. The van der Waals surface area contributed by atoms with Crippen molar-refractivity contribution in [2.75, 3.05) is 0 Å². The number of hydrogen-bond donors (Lipinski definition) is 0. The van der Waals surface area contributed by atoms with Gasteiger partial charge in [0.1, 0.15) is 0 Å². The highest BCUT2D eigenvalue weighted by Gasteiger charge is 2.15. The molecule has 0 aliphatic rings. The molecule has 0 fully saturated rings. The van der Waals surface area contributed by atoms with Crippen molar-refractivity contribution in [1.29, 1.82) is 0 Å². The molecule has 0 amide bonds. The summed E-state index contributed by atoms with van der Waals surface area (Å²) in [4.78, 5) is 0. The standard InChI is InChI=1S/C20H19Cl/c1-13-8-10-16(12-15(13)3)20(21)19-11-9-14(2)17-6-4-5-7-18(17)19/h4-12,20H,1-3H3. The number of hydrogen-bond acceptors (Lipinski definition) is 0. The Labute approximate surface area is 131 Å². The first-order chi connectivity index (χ1) is 10.1. The van der Waals surface area contributed by atoms with Crippen molar-refractivity contribution in [3.05, 3.63) is 82.4 Å². The van der Waals surface area contributed by atoms with Crippen LogP contribution in [0.1, 0.15) is 33.2 Å². The average molecular weight is 295 g/mol. The molecule has 21 heavy (non-hydrogen) atoms. The van der Waals surface area contributed by atoms with Crippen LogP contribution in [0.5, 0.6) is 0 Å². The normalized spacial score (nSPS) is 12.6. The molecule has 3 rings (SSSR count). The van der Waals surface area contributed by atoms with E-state index in [0.717, 1.165) is 5.56 Å². The molecule has 3 aromatic carbocycles. The Morgan fingerprint density at radius 1 is 0.714 bits per heavy atom. The second-order valence-electron chi connectivity index (χ2n) is 5.72. The summed E-state index contributed by atoms with van der Waals surface area (Å²) in [6.45, 7) is 6.41. The summed E-state index contributed by atoms with van der Waals surface area (Å²) in [6, 6.07) is 19.3. The largest absolute Gasteiger partial charge is 0.113 e. The quantitative estimate of drug-likeness (QED) is 0.501. The van der Waals surface area contributed by atoms with Crippen molar-refractivity contribution in [2.45, 2.75) is 26.1 Å². The smallest absolute Gasteiger partial charge is 0.0841 e. The van der Waals surface area contributed by atoms with Crippen LogP contribution in [0.25, 0.3) is 10.8 Å². The predicted molar refractivity (Wildman–Crippen MR) is 92.3 cm³/mol. The van der Waals surface area contributed by atoms with Gasteiger partial charge in [-0.2, -0.15) is 0 Å². The van der Waals surface area contributed by atoms with E-state index in [1.807, 2.05) is 0 Å². The van der Waals surface area contributed by atoms with Crippen LogP contribution in [0.15, 0.2) is 54.6 Å². The fourth-order valence-corrected chi connectivity index (χ4v) is 3.12. The third-order valence-corrected chi connectivity index (χ3v) is 4.76. The lowest BCUT2D eigenvalue weighted by molar-refractivity contribution is 1.14. The van der Waals surface area contributed by atoms with Crippen molar-refractivity contribution >= 4 is 22.4 Å². The lowest BCUT2D eigenvalue weighted by atomic mass is 9.94. The molecule has 0 spiro atoms. The summed E-state index contributed by atoms with van der Waals surface area (Å²) in [5.74, 6) is 0. The molecular formula is C20H19Cl. The van der Waals surface area contributed by atoms with E-state index < -0.39 is 0 Å². The molecule has 0 aromatic heterocycles. The zero-order valence-electron chi connectivity index (χ0n) is 12.7. The molecular weight excluding hydrogens is 276 g/mol. The number of rotatable bonds is 2. The SMILES string of the molecule is Cc1ccc(C(Cl)c2ccc(C)c3ccccc23)cc1C. The van der Waals surface area contributed by atoms with Gasteiger partial charge in [0.25, 0.3) is 0 Å². The minimum Gasteiger partial charge on any atom is -0.113 e. The number of halogens is 1. The molecule has 106 valence electrons. The van der Waals surface area contributed by atoms with Crippen molar-refractivity contribution in [1.82, 2.24) is 0 Å². The van der Waals surface area contributed by atoms with Crippen LogP contribution < -0.4 is 0 Å². The topological polar surface area (TPSA) is 0 Å². The van der Waals surface area contributed by atoms with Crippen LogP contribution in [-0.4, -0.2) is 0 Å². The van der Waals surface area contributed by atoms with Gasteiger partial charge in [0, 0.05) is 0 Å². The van der Waals surface area contributed by atoms with E-state index in [0.29, 0.717) is 0 Å². The average Bonchev–Trinajstić information content (AvgIpc) is 2.50. The maximum absolute atomic E-state index is 6.79. The van der Waals surface area contributed by atoms with Crippen molar-refractivity contribution in [3.63, 3.8) is 0 Å². The minimum atomic E-state index is -0.116. The van der Waals surface area contributed by atoms with Crippen molar-refractivity contribution in [3.8, 4) is 0 Å². The molecule has 0 nitrogen and oxygen atoms in total. The molecule has 0 heterocycles. The fourth-order valence-electron chi connectivity index (χ4n) is 2.80. The highest BCUT2D eigenvalue weighted by atomic mass is 35.5. The van der Waals surface area contributed by atoms with Gasteiger partial charge < -0.3 is 0 Å². The molecule has 0 aliphatic carbocycles. The maximum atomic E-state index is 6.79. The third-order valence-electron chi connectivity index (χ3n) is 4.27. The number of alkyl halides is 1. The Hall–Kier alpha value is -1.79. The van der Waals surface area contributed by atoms with E-state index in [1.165, 1.54) is 33.0 Å². The summed E-state index contributed by atoms with van der Waals surface area (Å²) < 4.78 is 0. The fraction of sp³-hybridized carbons (Fsp3) is 0.200. The molecule has 0 N–H and O–H groups in total. The Morgan fingerprint density at radius 2 is 1.38 bits per heavy atom. The molecule has 0 aliphatic heterocycles. The zero-order valence-corrected chi connectivity index (χ0v) is 13.4. The second kappa shape index (κ2) is 5.54. The van der Waals surface area contributed by atoms with Gasteiger partial charge in [0.05, 0.1) is 5.38 Å². The summed E-state index contributed by atoms with van der Waals surface area (Å²) in [6.07, 6.45) is 0. The van der Waals surface area contributed by atoms with Gasteiger partial charge >= 0.3 is 0 Å². The Morgan fingerprint density at radius 3 is 2.10 bits per heavy atom. The lowest BCUT2D eigenvalue weighted by Crippen LogP contribution is -1.97. The van der Waals surface area contributed by atoms with Gasteiger partial charge in [-0.3, -0.25) is 0 Å². The molecule has 1 atom stereocenters. The van der Waals surface area contributed by atoms with Gasteiger partial charge in [-0.25, -0.2) is 0 Å². The summed E-state index contributed by atoms with van der Waals surface area (Å²) in [5, 5.41) is 2.41. The summed E-state index contributed by atoms with van der Waals surface area (Å²) >= 11 is 6.79. The van der Waals surface area contributed by atoms with Crippen LogP contribution in [0.3, 0.4) is 0 Å². The van der Waals surface area contributed by atoms with Crippen LogP contribution in [0.2, 0.25) is 0 Å². The van der Waals surface area contributed by atoms with Crippen LogP contribution >= 0.6 is 11.6 Å². The first kappa shape index (κ1) is 14.2. The lowest BCUT2D eigenvalue weighted by Gasteiger charge is -2.16. The van der Waals surface area contributed by atoms with E-state index >= 15 is 0 Å². The molecule has 1 unspecified atom stereocenters. The molecule has 0 bridgehead atoms. The molecule has 3 aromatic rings. The molecule has 0 saturated heterocycles. The Balaban J connectivity index is 2.15. The molecule has 1 heteroatoms. The third kappa shape index (κ3) is 2.56. The van der Waals surface area contributed by atoms with E-state index in [1.54, 1.807) is 0 Å². The van der Waals surface area contributed by atoms with Crippen LogP contribution in [-0.2, 0) is 0 Å². The molecule has 0 saturated carbocycles. The summed E-state index contributed by atoms with van der Waals surface area (Å²) in [5.41, 5.74) is 6.22. The van der Waals surface area contributed by atoms with Crippen LogP contribution in [0, 0.1) is 20.8 Å². The Bertz CT molecular complexity index is 802. The number of benzene rings is 3. The van der Waals surface area contributed by atoms with E-state index in [4.69, 9.17) is 11.6 Å². The van der Waals surface area contributed by atoms with Gasteiger partial charge in [0.2, 0.25) is 0 Å². The van der Waals surface area contributed by atoms with Gasteiger partial charge in [0.15, 0.2) is 0 Å². The van der Waals surface area contributed by atoms with E-state index in [2.05, 4.69) is 75.4 Å². The van der Waals surface area contributed by atoms with E-state index in [9.17, 15) is 0 Å². The summed E-state index contributed by atoms with van der Waals surface area (Å²) in [7, 11) is 0. The number of aryl methyl sites for hydroxylation is 3. The van der Waals surface area contributed by atoms with Gasteiger partial charge in [-0.05, 0) is 59.4 Å². The molecule has 0 radical (unpaired) electrons. The van der Waals surface area contributed by atoms with Crippen molar-refractivity contribution < 1.29 is 0 Å². The number of fused-ring (bicyclic) bond motifs is 1. The second-order valence-corrected chi connectivity index (χ2v) is 6.16. The first-order valence-electron chi connectivity index (χ1n) is 7.27. The predicted octanol–water partition coefficient (Wildman–Crippen LogP) is 6.09. The first-order valence-corrected chi connectivity index (χ1v) is 7.71. The Kier molecular flexibility index (Phi) is 3.73. The zero-order chi connectivity index (χ0) is 15.0. The van der Waals surface area contributed by atoms with E-state index in [-0.39, 0.29) is 5.38 Å². The van der Waals surface area contributed by atoms with Crippen molar-refractivity contribution in [2.24, 2.45) is 0 Å². The highest BCUT2D eigenvalue weighted by molar-refractivity contribution is 6.23. The monoisotopic (exact) mass is 294 g/mol. The van der Waals surface area contributed by atoms with Gasteiger partial charge in [-0.15, -0.1) is 11.6 Å². The van der Waals surface area contributed by atoms with Crippen LogP contribution in [0.4, 0.5) is 0 Å². The van der Waals surface area contributed by atoms with Gasteiger partial charge in [-0.1, -0.05) is 54.6 Å². The maximum Gasteiger partial charge on any atom is 0.0841 e. The minimum absolute atomic E-state index is 0.116.